The van der Waals surface area contributed by atoms with Gasteiger partial charge in [0.25, 0.3) is 0 Å². The first-order valence-corrected chi connectivity index (χ1v) is 6.21. The number of benzene rings is 1. The summed E-state index contributed by atoms with van der Waals surface area (Å²) in [7, 11) is 5.68. The zero-order valence-corrected chi connectivity index (χ0v) is 11.5. The molecule has 3 nitrogen and oxygen atoms in total. The van der Waals surface area contributed by atoms with E-state index in [1.807, 2.05) is 6.07 Å². The lowest BCUT2D eigenvalue weighted by molar-refractivity contribution is 0.0377. The van der Waals surface area contributed by atoms with E-state index in [1.165, 1.54) is 7.11 Å². The van der Waals surface area contributed by atoms with E-state index in [0.717, 1.165) is 25.2 Å². The van der Waals surface area contributed by atoms with Crippen molar-refractivity contribution in [3.05, 3.63) is 29.6 Å². The van der Waals surface area contributed by atoms with E-state index in [2.05, 4.69) is 30.8 Å². The second-order valence-electron chi connectivity index (χ2n) is 5.28. The first kappa shape index (κ1) is 13.3. The first-order chi connectivity index (χ1) is 8.47. The molecule has 18 heavy (non-hydrogen) atoms. The van der Waals surface area contributed by atoms with E-state index in [9.17, 15) is 4.39 Å². The lowest BCUT2D eigenvalue weighted by Gasteiger charge is -2.46. The summed E-state index contributed by atoms with van der Waals surface area (Å²) in [4.78, 5) is 4.57. The van der Waals surface area contributed by atoms with Crippen molar-refractivity contribution in [2.24, 2.45) is 0 Å². The summed E-state index contributed by atoms with van der Waals surface area (Å²) >= 11 is 0. The highest BCUT2D eigenvalue weighted by atomic mass is 19.1. The lowest BCUT2D eigenvalue weighted by Crippen LogP contribution is -2.56. The fourth-order valence-corrected chi connectivity index (χ4v) is 2.61. The van der Waals surface area contributed by atoms with Crippen molar-refractivity contribution >= 4 is 0 Å². The number of hydrogen-bond acceptors (Lipinski definition) is 3. The molecule has 1 aliphatic heterocycles. The van der Waals surface area contributed by atoms with E-state index >= 15 is 0 Å². The van der Waals surface area contributed by atoms with E-state index in [0.29, 0.717) is 5.75 Å². The van der Waals surface area contributed by atoms with Gasteiger partial charge in [-0.2, -0.15) is 0 Å². The molecule has 2 rings (SSSR count). The van der Waals surface area contributed by atoms with E-state index < -0.39 is 0 Å². The zero-order valence-electron chi connectivity index (χ0n) is 11.5. The predicted octanol–water partition coefficient (Wildman–Crippen LogP) is 1.93. The average Bonchev–Trinajstić information content (AvgIpc) is 2.34. The minimum Gasteiger partial charge on any atom is -0.494 e. The Bertz CT molecular complexity index is 438. The molecule has 1 saturated heterocycles. The molecule has 0 saturated carbocycles. The molecule has 1 unspecified atom stereocenters. The molecule has 1 aromatic carbocycles. The smallest absolute Gasteiger partial charge is 0.165 e. The minimum absolute atomic E-state index is 0.153. The molecule has 1 aromatic rings. The summed E-state index contributed by atoms with van der Waals surface area (Å²) in [6.07, 6.45) is 0. The maximum Gasteiger partial charge on any atom is 0.165 e. The van der Waals surface area contributed by atoms with Crippen LogP contribution in [0.25, 0.3) is 0 Å². The molecule has 0 aromatic heterocycles. The number of likely N-dealkylation sites (N-methyl/N-ethyl adjacent to an activating group) is 2. The van der Waals surface area contributed by atoms with Crippen molar-refractivity contribution in [3.8, 4) is 5.75 Å². The van der Waals surface area contributed by atoms with Crippen LogP contribution in [0.5, 0.6) is 5.75 Å². The molecule has 0 amide bonds. The van der Waals surface area contributed by atoms with Gasteiger partial charge in [-0.3, -0.25) is 4.90 Å². The Balaban J connectivity index is 2.36. The molecule has 0 bridgehead atoms. The van der Waals surface area contributed by atoms with Gasteiger partial charge in [0.2, 0.25) is 0 Å². The van der Waals surface area contributed by atoms with Crippen molar-refractivity contribution in [1.82, 2.24) is 9.80 Å². The Hall–Kier alpha value is -1.13. The maximum absolute atomic E-state index is 13.8. The van der Waals surface area contributed by atoms with E-state index in [-0.39, 0.29) is 11.4 Å². The number of hydrogen-bond donors (Lipinski definition) is 0. The summed E-state index contributed by atoms with van der Waals surface area (Å²) in [5, 5.41) is 0. The zero-order chi connectivity index (χ0) is 13.3. The highest BCUT2D eigenvalue weighted by Gasteiger charge is 2.36. The van der Waals surface area contributed by atoms with Crippen molar-refractivity contribution in [2.75, 3.05) is 40.8 Å². The van der Waals surface area contributed by atoms with Gasteiger partial charge >= 0.3 is 0 Å². The van der Waals surface area contributed by atoms with Crippen LogP contribution in [-0.2, 0) is 5.54 Å². The third-order valence-electron chi connectivity index (χ3n) is 4.01. The second kappa shape index (κ2) is 4.86. The van der Waals surface area contributed by atoms with Crippen LogP contribution in [0.15, 0.2) is 18.2 Å². The molecule has 1 aliphatic rings. The number of rotatable bonds is 2. The molecular formula is C14H21FN2O. The predicted molar refractivity (Wildman–Crippen MR) is 70.4 cm³/mol. The number of methoxy groups -OCH3 is 1. The monoisotopic (exact) mass is 252 g/mol. The maximum atomic E-state index is 13.8. The van der Waals surface area contributed by atoms with Gasteiger partial charge in [-0.05, 0) is 38.7 Å². The van der Waals surface area contributed by atoms with Gasteiger partial charge in [-0.1, -0.05) is 6.07 Å². The molecule has 1 atom stereocenters. The normalized spacial score (nSPS) is 26.3. The Kier molecular flexibility index (Phi) is 3.59. The highest BCUT2D eigenvalue weighted by molar-refractivity contribution is 5.34. The third-order valence-corrected chi connectivity index (χ3v) is 4.01. The topological polar surface area (TPSA) is 15.7 Å². The fraction of sp³-hybridized carbons (Fsp3) is 0.571. The van der Waals surface area contributed by atoms with Crippen molar-refractivity contribution in [2.45, 2.75) is 12.5 Å². The van der Waals surface area contributed by atoms with Crippen molar-refractivity contribution in [3.63, 3.8) is 0 Å². The molecule has 4 heteroatoms. The molecule has 100 valence electrons. The van der Waals surface area contributed by atoms with Crippen molar-refractivity contribution in [1.29, 1.82) is 0 Å². The standard InChI is InChI=1S/C14H21FN2O/c1-14(10-16(2)7-8-17(14)3)11-5-6-13(18-4)12(15)9-11/h5-6,9H,7-8,10H2,1-4H3. The van der Waals surface area contributed by atoms with Gasteiger partial charge in [-0.25, -0.2) is 4.39 Å². The number of halogens is 1. The quantitative estimate of drug-likeness (QED) is 0.800. The van der Waals surface area contributed by atoms with Crippen LogP contribution in [0.4, 0.5) is 4.39 Å². The molecular weight excluding hydrogens is 231 g/mol. The second-order valence-corrected chi connectivity index (χ2v) is 5.28. The Labute approximate surface area is 108 Å². The molecule has 0 N–H and O–H groups in total. The summed E-state index contributed by atoms with van der Waals surface area (Å²) < 4.78 is 18.8. The van der Waals surface area contributed by atoms with Gasteiger partial charge in [0.15, 0.2) is 11.6 Å². The Morgan fingerprint density at radius 1 is 1.28 bits per heavy atom. The van der Waals surface area contributed by atoms with Crippen molar-refractivity contribution < 1.29 is 9.13 Å². The third kappa shape index (κ3) is 2.22. The van der Waals surface area contributed by atoms with Crippen LogP contribution in [0, 0.1) is 5.82 Å². The summed E-state index contributed by atoms with van der Waals surface area (Å²) in [6, 6.07) is 5.25. The summed E-state index contributed by atoms with van der Waals surface area (Å²) in [5.41, 5.74) is 0.843. The Morgan fingerprint density at radius 2 is 2.00 bits per heavy atom. The van der Waals surface area contributed by atoms with E-state index in [4.69, 9.17) is 4.74 Å². The lowest BCUT2D eigenvalue weighted by atomic mass is 9.88. The van der Waals surface area contributed by atoms with Crippen LogP contribution >= 0.6 is 0 Å². The van der Waals surface area contributed by atoms with Gasteiger partial charge in [-0.15, -0.1) is 0 Å². The number of nitrogens with zero attached hydrogens (tertiary/aromatic N) is 2. The van der Waals surface area contributed by atoms with Crippen LogP contribution in [0.1, 0.15) is 12.5 Å². The summed E-state index contributed by atoms with van der Waals surface area (Å²) in [5.74, 6) is 0.00650. The summed E-state index contributed by atoms with van der Waals surface area (Å²) in [6.45, 7) is 5.09. The van der Waals surface area contributed by atoms with Crippen LogP contribution in [0.2, 0.25) is 0 Å². The molecule has 0 radical (unpaired) electrons. The van der Waals surface area contributed by atoms with Gasteiger partial charge in [0.05, 0.1) is 12.6 Å². The first-order valence-electron chi connectivity index (χ1n) is 6.21. The SMILES string of the molecule is COc1ccc(C2(C)CN(C)CCN2C)cc1F. The average molecular weight is 252 g/mol. The van der Waals surface area contributed by atoms with Gasteiger partial charge in [0, 0.05) is 19.6 Å². The molecule has 1 fully saturated rings. The molecule has 1 heterocycles. The van der Waals surface area contributed by atoms with Crippen LogP contribution in [0.3, 0.4) is 0 Å². The molecule has 0 aliphatic carbocycles. The molecule has 0 spiro atoms. The number of ether oxygens (including phenoxy) is 1. The Morgan fingerprint density at radius 3 is 2.61 bits per heavy atom. The minimum atomic E-state index is -0.294. The van der Waals surface area contributed by atoms with E-state index in [1.54, 1.807) is 12.1 Å². The van der Waals surface area contributed by atoms with Gasteiger partial charge < -0.3 is 9.64 Å². The van der Waals surface area contributed by atoms with Gasteiger partial charge in [0.1, 0.15) is 0 Å². The van der Waals surface area contributed by atoms with Crippen LogP contribution in [-0.4, -0.2) is 50.6 Å². The highest BCUT2D eigenvalue weighted by Crippen LogP contribution is 2.32. The fourth-order valence-electron chi connectivity index (χ4n) is 2.61. The number of piperazine rings is 1. The largest absolute Gasteiger partial charge is 0.494 e. The van der Waals surface area contributed by atoms with Crippen LogP contribution < -0.4 is 4.74 Å².